The lowest BCUT2D eigenvalue weighted by Gasteiger charge is -2.10. The summed E-state index contributed by atoms with van der Waals surface area (Å²) in [6.07, 6.45) is 0. The second kappa shape index (κ2) is 3.29. The van der Waals surface area contributed by atoms with Gasteiger partial charge in [0.25, 0.3) is 0 Å². The summed E-state index contributed by atoms with van der Waals surface area (Å²) >= 11 is 5.64. The molecule has 12 heavy (non-hydrogen) atoms. The Balaban J connectivity index is 3.28. The van der Waals surface area contributed by atoms with Crippen LogP contribution in [0.1, 0.15) is 18.5 Å². The van der Waals surface area contributed by atoms with Gasteiger partial charge in [0.1, 0.15) is 5.82 Å². The fourth-order valence-electron chi connectivity index (χ4n) is 0.981. The number of anilines is 1. The standard InChI is InChI=1S/C8H10ClFN2/c1-4(11)6-2-5(10)3-7(9)8(6)12/h2-4H,11-12H2,1H3/t4-/m1/s1. The molecule has 0 radical (unpaired) electrons. The molecule has 0 aliphatic carbocycles. The van der Waals surface area contributed by atoms with Crippen LogP contribution in [0.3, 0.4) is 0 Å². The van der Waals surface area contributed by atoms with Crippen molar-refractivity contribution in [1.29, 1.82) is 0 Å². The summed E-state index contributed by atoms with van der Waals surface area (Å²) < 4.78 is 12.8. The lowest BCUT2D eigenvalue weighted by Crippen LogP contribution is -2.08. The highest BCUT2D eigenvalue weighted by Crippen LogP contribution is 2.27. The summed E-state index contributed by atoms with van der Waals surface area (Å²) in [5.74, 6) is -0.415. The summed E-state index contributed by atoms with van der Waals surface area (Å²) in [7, 11) is 0. The number of halogens is 2. The maximum absolute atomic E-state index is 12.8. The van der Waals surface area contributed by atoms with E-state index in [1.807, 2.05) is 0 Å². The summed E-state index contributed by atoms with van der Waals surface area (Å²) in [6, 6.07) is 2.16. The first-order valence-electron chi connectivity index (χ1n) is 3.52. The van der Waals surface area contributed by atoms with Gasteiger partial charge in [0.05, 0.1) is 10.7 Å². The third kappa shape index (κ3) is 1.68. The van der Waals surface area contributed by atoms with Gasteiger partial charge in [-0.3, -0.25) is 0 Å². The quantitative estimate of drug-likeness (QED) is 0.663. The van der Waals surface area contributed by atoms with Gasteiger partial charge in [0.15, 0.2) is 0 Å². The van der Waals surface area contributed by atoms with Crippen molar-refractivity contribution in [1.82, 2.24) is 0 Å². The Kier molecular flexibility index (Phi) is 2.55. The summed E-state index contributed by atoms with van der Waals surface area (Å²) in [4.78, 5) is 0. The lowest BCUT2D eigenvalue weighted by atomic mass is 10.1. The Hall–Kier alpha value is -0.800. The van der Waals surface area contributed by atoms with Crippen LogP contribution in [0.4, 0.5) is 10.1 Å². The molecule has 4 heteroatoms. The molecule has 0 saturated carbocycles. The number of nitrogen functional groups attached to an aromatic ring is 1. The van der Waals surface area contributed by atoms with Gasteiger partial charge in [0, 0.05) is 6.04 Å². The highest BCUT2D eigenvalue weighted by atomic mass is 35.5. The van der Waals surface area contributed by atoms with Gasteiger partial charge in [-0.05, 0) is 24.6 Å². The van der Waals surface area contributed by atoms with Crippen LogP contribution in [0.15, 0.2) is 12.1 Å². The predicted octanol–water partition coefficient (Wildman–Crippen LogP) is 2.08. The van der Waals surface area contributed by atoms with Gasteiger partial charge in [-0.2, -0.15) is 0 Å². The van der Waals surface area contributed by atoms with Crippen molar-refractivity contribution in [2.45, 2.75) is 13.0 Å². The molecule has 0 bridgehead atoms. The lowest BCUT2D eigenvalue weighted by molar-refractivity contribution is 0.623. The van der Waals surface area contributed by atoms with Gasteiger partial charge >= 0.3 is 0 Å². The fraction of sp³-hybridized carbons (Fsp3) is 0.250. The van der Waals surface area contributed by atoms with E-state index in [1.54, 1.807) is 6.92 Å². The van der Waals surface area contributed by atoms with Crippen LogP contribution in [0.5, 0.6) is 0 Å². The molecule has 0 unspecified atom stereocenters. The van der Waals surface area contributed by atoms with Crippen LogP contribution in [-0.2, 0) is 0 Å². The minimum atomic E-state index is -0.415. The van der Waals surface area contributed by atoms with Crippen molar-refractivity contribution < 1.29 is 4.39 Å². The van der Waals surface area contributed by atoms with Crippen LogP contribution in [0.2, 0.25) is 5.02 Å². The van der Waals surface area contributed by atoms with Crippen molar-refractivity contribution in [2.75, 3.05) is 5.73 Å². The zero-order valence-electron chi connectivity index (χ0n) is 6.64. The molecule has 0 heterocycles. The Bertz CT molecular complexity index is 299. The van der Waals surface area contributed by atoms with E-state index in [-0.39, 0.29) is 11.1 Å². The molecule has 66 valence electrons. The molecule has 0 amide bonds. The van der Waals surface area contributed by atoms with E-state index in [1.165, 1.54) is 12.1 Å². The first-order chi connectivity index (χ1) is 5.52. The largest absolute Gasteiger partial charge is 0.397 e. The smallest absolute Gasteiger partial charge is 0.125 e. The van der Waals surface area contributed by atoms with E-state index in [4.69, 9.17) is 23.1 Å². The van der Waals surface area contributed by atoms with Gasteiger partial charge in [-0.1, -0.05) is 11.6 Å². The molecular weight excluding hydrogens is 179 g/mol. The molecule has 1 rings (SSSR count). The maximum Gasteiger partial charge on any atom is 0.125 e. The maximum atomic E-state index is 12.8. The average molecular weight is 189 g/mol. The van der Waals surface area contributed by atoms with Crippen LogP contribution in [0.25, 0.3) is 0 Å². The Labute approximate surface area is 75.3 Å². The van der Waals surface area contributed by atoms with Gasteiger partial charge in [0.2, 0.25) is 0 Å². The fourth-order valence-corrected chi connectivity index (χ4v) is 1.19. The van der Waals surface area contributed by atoms with Gasteiger partial charge in [-0.15, -0.1) is 0 Å². The SMILES string of the molecule is C[C@@H](N)c1cc(F)cc(Cl)c1N. The third-order valence-corrected chi connectivity index (χ3v) is 1.93. The van der Waals surface area contributed by atoms with E-state index in [9.17, 15) is 4.39 Å². The van der Waals surface area contributed by atoms with Gasteiger partial charge < -0.3 is 11.5 Å². The molecule has 0 aliphatic heterocycles. The van der Waals surface area contributed by atoms with Crippen LogP contribution in [-0.4, -0.2) is 0 Å². The summed E-state index contributed by atoms with van der Waals surface area (Å²) in [5.41, 5.74) is 12.0. The van der Waals surface area contributed by atoms with Crippen molar-refractivity contribution in [3.8, 4) is 0 Å². The van der Waals surface area contributed by atoms with E-state index < -0.39 is 5.82 Å². The molecule has 1 aromatic carbocycles. The van der Waals surface area contributed by atoms with Crippen molar-refractivity contribution >= 4 is 17.3 Å². The van der Waals surface area contributed by atoms with E-state index in [0.717, 1.165) is 0 Å². The molecule has 0 fully saturated rings. The molecule has 4 N–H and O–H groups in total. The third-order valence-electron chi connectivity index (χ3n) is 1.62. The van der Waals surface area contributed by atoms with E-state index >= 15 is 0 Å². The minimum absolute atomic E-state index is 0.210. The second-order valence-electron chi connectivity index (χ2n) is 2.68. The van der Waals surface area contributed by atoms with E-state index in [2.05, 4.69) is 0 Å². The summed E-state index contributed by atoms with van der Waals surface area (Å²) in [6.45, 7) is 1.72. The zero-order valence-corrected chi connectivity index (χ0v) is 7.40. The van der Waals surface area contributed by atoms with Crippen LogP contribution < -0.4 is 11.5 Å². The average Bonchev–Trinajstić information content (AvgIpc) is 1.96. The molecule has 1 aromatic rings. The van der Waals surface area contributed by atoms with Crippen molar-refractivity contribution in [3.05, 3.63) is 28.5 Å². The molecule has 1 atom stereocenters. The Morgan fingerprint density at radius 3 is 2.58 bits per heavy atom. The molecule has 0 spiro atoms. The predicted molar refractivity (Wildman–Crippen MR) is 48.4 cm³/mol. The number of rotatable bonds is 1. The first kappa shape index (κ1) is 9.29. The molecule has 0 aliphatic rings. The number of hydrogen-bond acceptors (Lipinski definition) is 2. The first-order valence-corrected chi connectivity index (χ1v) is 3.90. The summed E-state index contributed by atoms with van der Waals surface area (Å²) in [5, 5.41) is 0.210. The molecule has 2 nitrogen and oxygen atoms in total. The van der Waals surface area contributed by atoms with Crippen molar-refractivity contribution in [2.24, 2.45) is 5.73 Å². The molecule has 0 saturated heterocycles. The molecular formula is C8H10ClFN2. The van der Waals surface area contributed by atoms with E-state index in [0.29, 0.717) is 11.3 Å². The molecule has 0 aromatic heterocycles. The number of nitrogens with two attached hydrogens (primary N) is 2. The highest BCUT2D eigenvalue weighted by Gasteiger charge is 2.09. The van der Waals surface area contributed by atoms with Crippen LogP contribution in [0, 0.1) is 5.82 Å². The topological polar surface area (TPSA) is 52.0 Å². The Morgan fingerprint density at radius 2 is 2.08 bits per heavy atom. The second-order valence-corrected chi connectivity index (χ2v) is 3.09. The highest BCUT2D eigenvalue weighted by molar-refractivity contribution is 6.33. The zero-order chi connectivity index (χ0) is 9.30. The van der Waals surface area contributed by atoms with Crippen LogP contribution >= 0.6 is 11.6 Å². The number of hydrogen-bond donors (Lipinski definition) is 2. The van der Waals surface area contributed by atoms with Crippen molar-refractivity contribution in [3.63, 3.8) is 0 Å². The normalized spacial score (nSPS) is 13.0. The van der Waals surface area contributed by atoms with Gasteiger partial charge in [-0.25, -0.2) is 4.39 Å². The Morgan fingerprint density at radius 1 is 1.50 bits per heavy atom. The minimum Gasteiger partial charge on any atom is -0.397 e. The number of benzene rings is 1. The monoisotopic (exact) mass is 188 g/mol.